The molecule has 1 aromatic rings. The quantitative estimate of drug-likeness (QED) is 0.649. The second kappa shape index (κ2) is 4.74. The van der Waals surface area contributed by atoms with Gasteiger partial charge in [-0.25, -0.2) is 0 Å². The first-order chi connectivity index (χ1) is 6.65. The maximum absolute atomic E-state index is 11.2. The molecule has 14 heavy (non-hydrogen) atoms. The second-order valence-corrected chi connectivity index (χ2v) is 3.00. The monoisotopic (exact) mass is 195 g/mol. The molecule has 76 valence electrons. The van der Waals surface area contributed by atoms with Gasteiger partial charge in [0.1, 0.15) is 0 Å². The Hall–Kier alpha value is -1.39. The molecule has 4 heteroatoms. The fourth-order valence-electron chi connectivity index (χ4n) is 1.01. The van der Waals surface area contributed by atoms with Crippen LogP contribution in [-0.2, 0) is 4.79 Å². The van der Waals surface area contributed by atoms with Crippen molar-refractivity contribution in [3.05, 3.63) is 29.8 Å². The molecule has 1 aromatic carbocycles. The minimum Gasteiger partial charge on any atom is -0.393 e. The van der Waals surface area contributed by atoms with Gasteiger partial charge in [0, 0.05) is 5.69 Å². The summed E-state index contributed by atoms with van der Waals surface area (Å²) >= 11 is 0. The number of rotatable bonds is 3. The van der Waals surface area contributed by atoms with Crippen molar-refractivity contribution >= 4 is 11.6 Å². The number of hydrogen-bond donors (Lipinski definition) is 3. The van der Waals surface area contributed by atoms with E-state index in [-0.39, 0.29) is 0 Å². The number of hydrogen-bond acceptors (Lipinski definition) is 3. The molecule has 0 aromatic heterocycles. The van der Waals surface area contributed by atoms with Crippen LogP contribution >= 0.6 is 0 Å². The van der Waals surface area contributed by atoms with Crippen molar-refractivity contribution in [3.63, 3.8) is 0 Å². The number of nitrogens with one attached hydrogen (secondary N) is 1. The number of anilines is 1. The molecule has 0 aliphatic rings. The maximum Gasteiger partial charge on any atom is 0.255 e. The van der Waals surface area contributed by atoms with Crippen molar-refractivity contribution in [2.45, 2.75) is 13.0 Å². The highest BCUT2D eigenvalue weighted by atomic mass is 16.3. The standard InChI is InChI=1S/C10H13NO3/c1-7-4-2-3-5-8(7)11-10(14)9(13)6-12/h2-5,9,12-13H,6H2,1H3,(H,11,14)/t9-/m0/s1. The normalized spacial score (nSPS) is 12.2. The van der Waals surface area contributed by atoms with E-state index in [4.69, 9.17) is 10.2 Å². The Morgan fingerprint density at radius 2 is 2.14 bits per heavy atom. The number of benzene rings is 1. The highest BCUT2D eigenvalue weighted by Crippen LogP contribution is 2.13. The topological polar surface area (TPSA) is 69.6 Å². The maximum atomic E-state index is 11.2. The Bertz CT molecular complexity index is 325. The van der Waals surface area contributed by atoms with Gasteiger partial charge in [0.25, 0.3) is 5.91 Å². The van der Waals surface area contributed by atoms with Gasteiger partial charge in [0.15, 0.2) is 6.10 Å². The smallest absolute Gasteiger partial charge is 0.255 e. The summed E-state index contributed by atoms with van der Waals surface area (Å²) in [4.78, 5) is 11.2. The van der Waals surface area contributed by atoms with Gasteiger partial charge in [0.2, 0.25) is 0 Å². The minimum atomic E-state index is -1.37. The molecule has 1 atom stereocenters. The summed E-state index contributed by atoms with van der Waals surface area (Å²) in [5.41, 5.74) is 1.55. The summed E-state index contributed by atoms with van der Waals surface area (Å²) in [6, 6.07) is 7.22. The summed E-state index contributed by atoms with van der Waals surface area (Å²) in [5, 5.41) is 20.1. The number of amides is 1. The average molecular weight is 195 g/mol. The third-order valence-corrected chi connectivity index (χ3v) is 1.88. The molecule has 0 spiro atoms. The van der Waals surface area contributed by atoms with Crippen LogP contribution in [0.25, 0.3) is 0 Å². The molecule has 0 heterocycles. The third-order valence-electron chi connectivity index (χ3n) is 1.88. The van der Waals surface area contributed by atoms with Crippen LogP contribution in [0.5, 0.6) is 0 Å². The second-order valence-electron chi connectivity index (χ2n) is 3.00. The highest BCUT2D eigenvalue weighted by Gasteiger charge is 2.13. The lowest BCUT2D eigenvalue weighted by atomic mass is 10.2. The molecular formula is C10H13NO3. The zero-order chi connectivity index (χ0) is 10.6. The van der Waals surface area contributed by atoms with Gasteiger partial charge < -0.3 is 15.5 Å². The molecule has 0 aliphatic carbocycles. The molecule has 0 saturated carbocycles. The van der Waals surface area contributed by atoms with Crippen LogP contribution < -0.4 is 5.32 Å². The van der Waals surface area contributed by atoms with Crippen molar-refractivity contribution < 1.29 is 15.0 Å². The van der Waals surface area contributed by atoms with Crippen molar-refractivity contribution in [3.8, 4) is 0 Å². The molecule has 0 aliphatic heterocycles. The molecule has 1 amide bonds. The van der Waals surface area contributed by atoms with Crippen molar-refractivity contribution in [1.82, 2.24) is 0 Å². The Labute approximate surface area is 82.2 Å². The highest BCUT2D eigenvalue weighted by molar-refractivity contribution is 5.94. The van der Waals surface area contributed by atoms with E-state index in [1.165, 1.54) is 0 Å². The summed E-state index contributed by atoms with van der Waals surface area (Å²) in [7, 11) is 0. The number of carbonyl (C=O) groups is 1. The van der Waals surface area contributed by atoms with Crippen molar-refractivity contribution in [2.75, 3.05) is 11.9 Å². The molecule has 3 N–H and O–H groups in total. The number of para-hydroxylation sites is 1. The average Bonchev–Trinajstić information content (AvgIpc) is 2.20. The van der Waals surface area contributed by atoms with E-state index in [1.54, 1.807) is 12.1 Å². The fourth-order valence-corrected chi connectivity index (χ4v) is 1.01. The first-order valence-electron chi connectivity index (χ1n) is 4.30. The third kappa shape index (κ3) is 2.55. The van der Waals surface area contributed by atoms with Crippen molar-refractivity contribution in [1.29, 1.82) is 0 Å². The Morgan fingerprint density at radius 3 is 2.71 bits per heavy atom. The van der Waals surface area contributed by atoms with Crippen LogP contribution in [0, 0.1) is 6.92 Å². The summed E-state index contributed by atoms with van der Waals surface area (Å²) in [6.07, 6.45) is -1.37. The van der Waals surface area contributed by atoms with E-state index in [2.05, 4.69) is 5.32 Å². The van der Waals surface area contributed by atoms with E-state index in [0.29, 0.717) is 5.69 Å². The number of aliphatic hydroxyl groups excluding tert-OH is 2. The SMILES string of the molecule is Cc1ccccc1NC(=O)[C@@H](O)CO. The summed E-state index contributed by atoms with van der Waals surface area (Å²) < 4.78 is 0. The molecule has 1 rings (SSSR count). The molecule has 0 radical (unpaired) electrons. The van der Waals surface area contributed by atoms with Gasteiger partial charge in [-0.3, -0.25) is 4.79 Å². The van der Waals surface area contributed by atoms with Crippen molar-refractivity contribution in [2.24, 2.45) is 0 Å². The summed E-state index contributed by atoms with van der Waals surface area (Å²) in [6.45, 7) is 1.28. The Kier molecular flexibility index (Phi) is 3.62. The van der Waals surface area contributed by atoms with Crippen LogP contribution in [-0.4, -0.2) is 28.8 Å². The minimum absolute atomic E-state index is 0.572. The molecule has 0 fully saturated rings. The number of aryl methyl sites for hydroxylation is 1. The molecule has 4 nitrogen and oxygen atoms in total. The number of aliphatic hydroxyl groups is 2. The van der Waals surface area contributed by atoms with E-state index in [1.807, 2.05) is 19.1 Å². The largest absolute Gasteiger partial charge is 0.393 e. The molecule has 0 bridgehead atoms. The van der Waals surface area contributed by atoms with E-state index in [9.17, 15) is 4.79 Å². The lowest BCUT2D eigenvalue weighted by Crippen LogP contribution is -2.30. The van der Waals surface area contributed by atoms with Crippen LogP contribution in [0.1, 0.15) is 5.56 Å². The van der Waals surface area contributed by atoms with Gasteiger partial charge in [0.05, 0.1) is 6.61 Å². The number of carbonyl (C=O) groups excluding carboxylic acids is 1. The first kappa shape index (κ1) is 10.7. The van der Waals surface area contributed by atoms with Gasteiger partial charge in [-0.15, -0.1) is 0 Å². The molecular weight excluding hydrogens is 182 g/mol. The van der Waals surface area contributed by atoms with E-state index >= 15 is 0 Å². The molecule has 0 saturated heterocycles. The van der Waals surface area contributed by atoms with Gasteiger partial charge in [-0.05, 0) is 18.6 Å². The van der Waals surface area contributed by atoms with Gasteiger partial charge in [-0.2, -0.15) is 0 Å². The van der Waals surface area contributed by atoms with Crippen LogP contribution in [0.3, 0.4) is 0 Å². The van der Waals surface area contributed by atoms with Gasteiger partial charge >= 0.3 is 0 Å². The Morgan fingerprint density at radius 1 is 1.50 bits per heavy atom. The van der Waals surface area contributed by atoms with Crippen LogP contribution in [0.2, 0.25) is 0 Å². The lowest BCUT2D eigenvalue weighted by molar-refractivity contribution is -0.125. The zero-order valence-electron chi connectivity index (χ0n) is 7.90. The zero-order valence-corrected chi connectivity index (χ0v) is 7.90. The molecule has 0 unspecified atom stereocenters. The van der Waals surface area contributed by atoms with Gasteiger partial charge in [-0.1, -0.05) is 18.2 Å². The Balaban J connectivity index is 2.70. The van der Waals surface area contributed by atoms with Crippen LogP contribution in [0.4, 0.5) is 5.69 Å². The lowest BCUT2D eigenvalue weighted by Gasteiger charge is -2.10. The summed E-state index contributed by atoms with van der Waals surface area (Å²) in [5.74, 6) is -0.596. The van der Waals surface area contributed by atoms with Crippen LogP contribution in [0.15, 0.2) is 24.3 Å². The fraction of sp³-hybridized carbons (Fsp3) is 0.300. The van der Waals surface area contributed by atoms with E-state index < -0.39 is 18.6 Å². The van der Waals surface area contributed by atoms with E-state index in [0.717, 1.165) is 5.56 Å². The predicted octanol–water partition coefficient (Wildman–Crippen LogP) is 0.287. The first-order valence-corrected chi connectivity index (χ1v) is 4.30. The predicted molar refractivity (Wildman–Crippen MR) is 52.9 cm³/mol.